The van der Waals surface area contributed by atoms with Gasteiger partial charge in [-0.2, -0.15) is 0 Å². The first-order valence-corrected chi connectivity index (χ1v) is 9.66. The summed E-state index contributed by atoms with van der Waals surface area (Å²) < 4.78 is 9.08. The van der Waals surface area contributed by atoms with Crippen molar-refractivity contribution >= 4 is 22.8 Å². The van der Waals surface area contributed by atoms with Gasteiger partial charge in [-0.3, -0.25) is 0 Å². The van der Waals surface area contributed by atoms with E-state index in [-0.39, 0.29) is 0 Å². The zero-order valence-corrected chi connectivity index (χ0v) is 16.2. The highest BCUT2D eigenvalue weighted by Gasteiger charge is 2.13. The van der Waals surface area contributed by atoms with Crippen LogP contribution >= 0.6 is 11.8 Å². The van der Waals surface area contributed by atoms with Crippen molar-refractivity contribution in [3.63, 3.8) is 0 Å². The second-order valence-electron chi connectivity index (χ2n) is 6.44. The monoisotopic (exact) mass is 375 g/mol. The zero-order valence-electron chi connectivity index (χ0n) is 15.4. The Morgan fingerprint density at radius 3 is 2.81 bits per heavy atom. The van der Waals surface area contributed by atoms with E-state index < -0.39 is 6.10 Å². The number of thioether (sulfide) groups is 1. The molecule has 3 aromatic rings. The Kier molecular flexibility index (Phi) is 6.29. The van der Waals surface area contributed by atoms with E-state index in [0.29, 0.717) is 18.9 Å². The molecular formula is C18H25N5O2S. The van der Waals surface area contributed by atoms with Crippen molar-refractivity contribution < 1.29 is 9.84 Å². The van der Waals surface area contributed by atoms with E-state index in [9.17, 15) is 5.11 Å². The van der Waals surface area contributed by atoms with Gasteiger partial charge in [-0.15, -0.1) is 10.2 Å². The fourth-order valence-electron chi connectivity index (χ4n) is 2.80. The Morgan fingerprint density at radius 1 is 1.19 bits per heavy atom. The minimum atomic E-state index is -0.497. The highest BCUT2D eigenvalue weighted by atomic mass is 32.2. The van der Waals surface area contributed by atoms with Gasteiger partial charge in [0.25, 0.3) is 0 Å². The molecule has 2 heterocycles. The molecule has 0 spiro atoms. The number of benzene rings is 1. The minimum absolute atomic E-state index is 0.497. The van der Waals surface area contributed by atoms with Crippen LogP contribution < -0.4 is 0 Å². The molecule has 1 atom stereocenters. The Bertz CT molecular complexity index is 861. The van der Waals surface area contributed by atoms with Crippen molar-refractivity contribution in [3.8, 4) is 0 Å². The van der Waals surface area contributed by atoms with Crippen LogP contribution in [0.4, 0.5) is 0 Å². The summed E-state index contributed by atoms with van der Waals surface area (Å²) >= 11 is 1.52. The lowest BCUT2D eigenvalue weighted by atomic mass is 10.1. The molecule has 1 aromatic carbocycles. The van der Waals surface area contributed by atoms with Gasteiger partial charge in [0.1, 0.15) is 6.33 Å². The third-order valence-electron chi connectivity index (χ3n) is 4.38. The summed E-state index contributed by atoms with van der Waals surface area (Å²) in [5, 5.41) is 19.4. The zero-order chi connectivity index (χ0) is 18.5. The Morgan fingerprint density at radius 2 is 2.00 bits per heavy atom. The standard InChI is InChI=1S/C18H25N5O2S/c1-13-7-16-17(8-14(13)2)23(11-19-16)9-15(24)10-26-18-21-20-12-22(18)5-4-6-25-3/h7-8,11-12,15,24H,4-6,9-10H2,1-3H3. The highest BCUT2D eigenvalue weighted by Crippen LogP contribution is 2.20. The summed E-state index contributed by atoms with van der Waals surface area (Å²) in [4.78, 5) is 4.45. The summed E-state index contributed by atoms with van der Waals surface area (Å²) in [6.45, 7) is 6.20. The Hall–Kier alpha value is -1.90. The lowest BCUT2D eigenvalue weighted by molar-refractivity contribution is 0.179. The summed E-state index contributed by atoms with van der Waals surface area (Å²) in [6.07, 6.45) is 3.93. The molecule has 0 radical (unpaired) electrons. The average molecular weight is 375 g/mol. The number of methoxy groups -OCH3 is 1. The number of aliphatic hydroxyl groups excluding tert-OH is 1. The van der Waals surface area contributed by atoms with Gasteiger partial charge in [0.05, 0.1) is 30.0 Å². The number of hydrogen-bond acceptors (Lipinski definition) is 6. The van der Waals surface area contributed by atoms with Crippen molar-refractivity contribution in [2.24, 2.45) is 0 Å². The van der Waals surface area contributed by atoms with Crippen LogP contribution in [0.3, 0.4) is 0 Å². The van der Waals surface area contributed by atoms with Crippen LogP contribution in [0.2, 0.25) is 0 Å². The smallest absolute Gasteiger partial charge is 0.191 e. The van der Waals surface area contributed by atoms with E-state index in [1.807, 2.05) is 9.13 Å². The van der Waals surface area contributed by atoms with Crippen molar-refractivity contribution in [1.29, 1.82) is 0 Å². The molecule has 7 nitrogen and oxygen atoms in total. The lowest BCUT2D eigenvalue weighted by Crippen LogP contribution is -2.18. The van der Waals surface area contributed by atoms with Gasteiger partial charge in [-0.05, 0) is 43.5 Å². The fourth-order valence-corrected chi connectivity index (χ4v) is 3.65. The molecule has 140 valence electrons. The average Bonchev–Trinajstić information content (AvgIpc) is 3.21. The number of aryl methyl sites for hydroxylation is 3. The molecule has 0 saturated heterocycles. The van der Waals surface area contributed by atoms with Crippen molar-refractivity contribution in [1.82, 2.24) is 24.3 Å². The third-order valence-corrected chi connectivity index (χ3v) is 5.50. The van der Waals surface area contributed by atoms with Gasteiger partial charge in [-0.25, -0.2) is 4.98 Å². The molecule has 0 saturated carbocycles. The molecule has 2 aromatic heterocycles. The van der Waals surface area contributed by atoms with Crippen LogP contribution in [0.15, 0.2) is 29.9 Å². The maximum absolute atomic E-state index is 10.5. The van der Waals surface area contributed by atoms with Gasteiger partial charge in [0.2, 0.25) is 0 Å². The summed E-state index contributed by atoms with van der Waals surface area (Å²) in [5.41, 5.74) is 4.48. The number of aromatic nitrogens is 5. The molecule has 0 aliphatic carbocycles. The van der Waals surface area contributed by atoms with Crippen molar-refractivity contribution in [3.05, 3.63) is 35.9 Å². The summed E-state index contributed by atoms with van der Waals surface area (Å²) in [7, 11) is 1.70. The van der Waals surface area contributed by atoms with E-state index in [0.717, 1.165) is 29.2 Å². The summed E-state index contributed by atoms with van der Waals surface area (Å²) in [5.74, 6) is 0.549. The normalized spacial score (nSPS) is 12.8. The molecule has 0 bridgehead atoms. The van der Waals surface area contributed by atoms with Gasteiger partial charge in [-0.1, -0.05) is 11.8 Å². The van der Waals surface area contributed by atoms with E-state index in [4.69, 9.17) is 4.74 Å². The first kappa shape index (κ1) is 18.9. The number of fused-ring (bicyclic) bond motifs is 1. The molecule has 0 aliphatic rings. The molecule has 3 rings (SSSR count). The topological polar surface area (TPSA) is 78.0 Å². The van der Waals surface area contributed by atoms with Crippen molar-refractivity contribution in [2.45, 2.75) is 44.6 Å². The predicted molar refractivity (Wildman–Crippen MR) is 102 cm³/mol. The molecular weight excluding hydrogens is 350 g/mol. The summed E-state index contributed by atoms with van der Waals surface area (Å²) in [6, 6.07) is 4.22. The highest BCUT2D eigenvalue weighted by molar-refractivity contribution is 7.99. The number of imidazole rings is 1. The fraction of sp³-hybridized carbons (Fsp3) is 0.500. The second kappa shape index (κ2) is 8.66. The molecule has 8 heteroatoms. The molecule has 0 fully saturated rings. The van der Waals surface area contributed by atoms with Crippen LogP contribution in [0.5, 0.6) is 0 Å². The van der Waals surface area contributed by atoms with Gasteiger partial charge >= 0.3 is 0 Å². The largest absolute Gasteiger partial charge is 0.390 e. The number of rotatable bonds is 9. The molecule has 26 heavy (non-hydrogen) atoms. The maximum atomic E-state index is 10.5. The minimum Gasteiger partial charge on any atom is -0.390 e. The van der Waals surface area contributed by atoms with E-state index in [2.05, 4.69) is 41.2 Å². The van der Waals surface area contributed by atoms with Gasteiger partial charge in [0.15, 0.2) is 5.16 Å². The van der Waals surface area contributed by atoms with E-state index in [1.54, 1.807) is 19.8 Å². The van der Waals surface area contributed by atoms with Crippen LogP contribution in [0, 0.1) is 13.8 Å². The number of ether oxygens (including phenoxy) is 1. The van der Waals surface area contributed by atoms with Crippen LogP contribution in [0.25, 0.3) is 11.0 Å². The van der Waals surface area contributed by atoms with Crippen LogP contribution in [-0.4, -0.2) is 55.0 Å². The SMILES string of the molecule is COCCCn1cnnc1SCC(O)Cn1cnc2cc(C)c(C)cc21. The first-order valence-electron chi connectivity index (χ1n) is 8.68. The van der Waals surface area contributed by atoms with E-state index in [1.165, 1.54) is 22.9 Å². The van der Waals surface area contributed by atoms with E-state index >= 15 is 0 Å². The molecule has 1 unspecified atom stereocenters. The quantitative estimate of drug-likeness (QED) is 0.457. The van der Waals surface area contributed by atoms with Crippen LogP contribution in [-0.2, 0) is 17.8 Å². The first-order chi connectivity index (χ1) is 12.6. The number of nitrogens with zero attached hydrogens (tertiary/aromatic N) is 5. The molecule has 0 aliphatic heterocycles. The maximum Gasteiger partial charge on any atom is 0.191 e. The second-order valence-corrected chi connectivity index (χ2v) is 7.43. The molecule has 0 amide bonds. The Labute approximate surface area is 157 Å². The van der Waals surface area contributed by atoms with Crippen molar-refractivity contribution in [2.75, 3.05) is 19.5 Å². The number of aliphatic hydroxyl groups is 1. The Balaban J connectivity index is 1.59. The molecule has 1 N–H and O–H groups in total. The lowest BCUT2D eigenvalue weighted by Gasteiger charge is -2.12. The van der Waals surface area contributed by atoms with Gasteiger partial charge in [0, 0.05) is 26.0 Å². The van der Waals surface area contributed by atoms with Gasteiger partial charge < -0.3 is 19.0 Å². The third kappa shape index (κ3) is 4.44. The predicted octanol–water partition coefficient (Wildman–Crippen LogP) is 2.43. The van der Waals surface area contributed by atoms with Crippen LogP contribution in [0.1, 0.15) is 17.5 Å². The number of hydrogen-bond donors (Lipinski definition) is 1.